The van der Waals surface area contributed by atoms with Crippen LogP contribution in [0, 0.1) is 5.92 Å². The summed E-state index contributed by atoms with van der Waals surface area (Å²) in [7, 11) is 0. The molecule has 5 nitrogen and oxygen atoms in total. The van der Waals surface area contributed by atoms with Crippen LogP contribution in [0.15, 0.2) is 24.3 Å². The molecule has 0 unspecified atom stereocenters. The molecule has 6 heteroatoms. The van der Waals surface area contributed by atoms with E-state index in [1.54, 1.807) is 17.0 Å². The number of amides is 1. The Morgan fingerprint density at radius 2 is 2.00 bits per heavy atom. The number of thiocarbonyl (C=S) groups is 1. The van der Waals surface area contributed by atoms with Gasteiger partial charge >= 0.3 is 5.97 Å². The summed E-state index contributed by atoms with van der Waals surface area (Å²) in [6, 6.07) is 7.25. The normalized spacial score (nSPS) is 15.7. The van der Waals surface area contributed by atoms with Gasteiger partial charge in [-0.1, -0.05) is 24.4 Å². The van der Waals surface area contributed by atoms with Crippen LogP contribution in [0.2, 0.25) is 0 Å². The van der Waals surface area contributed by atoms with Gasteiger partial charge in [-0.15, -0.1) is 0 Å². The fourth-order valence-corrected chi connectivity index (χ4v) is 2.69. The summed E-state index contributed by atoms with van der Waals surface area (Å²) < 4.78 is 0. The number of piperidine rings is 1. The quantitative estimate of drug-likeness (QED) is 0.823. The standard InChI is InChI=1S/C15H18N2O3S/c16-13(21)9-10-2-1-3-12(8-10)14(18)17-6-4-11(5-7-17)15(19)20/h1-3,8,11H,4-7,9H2,(H2,16,21)(H,19,20). The second-order valence-corrected chi connectivity index (χ2v) is 5.77. The van der Waals surface area contributed by atoms with Gasteiger partial charge in [-0.05, 0) is 30.5 Å². The molecule has 0 radical (unpaired) electrons. The molecule has 0 bridgehead atoms. The molecule has 1 aromatic carbocycles. The number of nitrogens with zero attached hydrogens (tertiary/aromatic N) is 1. The summed E-state index contributed by atoms with van der Waals surface area (Å²) in [5.74, 6) is -1.18. The van der Waals surface area contributed by atoms with Crippen molar-refractivity contribution in [1.29, 1.82) is 0 Å². The number of carboxylic acids is 1. The van der Waals surface area contributed by atoms with Crippen molar-refractivity contribution in [2.45, 2.75) is 19.3 Å². The lowest BCUT2D eigenvalue weighted by Crippen LogP contribution is -2.40. The molecular formula is C15H18N2O3S. The first-order chi connectivity index (χ1) is 9.97. The predicted molar refractivity (Wildman–Crippen MR) is 83.2 cm³/mol. The van der Waals surface area contributed by atoms with E-state index in [4.69, 9.17) is 23.1 Å². The van der Waals surface area contributed by atoms with Gasteiger partial charge in [-0.3, -0.25) is 9.59 Å². The molecule has 1 aromatic rings. The number of rotatable bonds is 4. The lowest BCUT2D eigenvalue weighted by molar-refractivity contribution is -0.143. The van der Waals surface area contributed by atoms with Crippen molar-refractivity contribution in [3.8, 4) is 0 Å². The molecule has 0 aliphatic carbocycles. The zero-order valence-corrected chi connectivity index (χ0v) is 12.4. The molecule has 1 aliphatic rings. The van der Waals surface area contributed by atoms with E-state index in [0.717, 1.165) is 5.56 Å². The van der Waals surface area contributed by atoms with Gasteiger partial charge in [0.25, 0.3) is 5.91 Å². The van der Waals surface area contributed by atoms with Gasteiger partial charge in [-0.25, -0.2) is 0 Å². The van der Waals surface area contributed by atoms with Crippen molar-refractivity contribution < 1.29 is 14.7 Å². The fourth-order valence-electron chi connectivity index (χ4n) is 2.53. The number of aliphatic carboxylic acids is 1. The van der Waals surface area contributed by atoms with E-state index >= 15 is 0 Å². The minimum absolute atomic E-state index is 0.0661. The van der Waals surface area contributed by atoms with Crippen LogP contribution >= 0.6 is 12.2 Å². The van der Waals surface area contributed by atoms with Gasteiger partial charge in [0.1, 0.15) is 0 Å². The number of carbonyl (C=O) groups excluding carboxylic acids is 1. The number of nitrogens with two attached hydrogens (primary N) is 1. The highest BCUT2D eigenvalue weighted by Gasteiger charge is 2.27. The van der Waals surface area contributed by atoms with Crippen LogP contribution in [0.1, 0.15) is 28.8 Å². The van der Waals surface area contributed by atoms with Crippen LogP contribution in [-0.2, 0) is 11.2 Å². The Bertz CT molecular complexity index is 566. The fraction of sp³-hybridized carbons (Fsp3) is 0.400. The van der Waals surface area contributed by atoms with Crippen molar-refractivity contribution in [2.75, 3.05) is 13.1 Å². The van der Waals surface area contributed by atoms with Gasteiger partial charge in [0.15, 0.2) is 0 Å². The maximum absolute atomic E-state index is 12.4. The van der Waals surface area contributed by atoms with E-state index in [2.05, 4.69) is 0 Å². The summed E-state index contributed by atoms with van der Waals surface area (Å²) in [6.45, 7) is 0.963. The highest BCUT2D eigenvalue weighted by molar-refractivity contribution is 7.80. The Morgan fingerprint density at radius 1 is 1.33 bits per heavy atom. The Kier molecular flexibility index (Phi) is 4.90. The molecule has 1 saturated heterocycles. The molecule has 0 atom stereocenters. The number of hydrogen-bond donors (Lipinski definition) is 2. The molecule has 1 amide bonds. The van der Waals surface area contributed by atoms with Gasteiger partial charge in [0.05, 0.1) is 10.9 Å². The van der Waals surface area contributed by atoms with Crippen LogP contribution in [0.3, 0.4) is 0 Å². The van der Waals surface area contributed by atoms with Crippen molar-refractivity contribution in [2.24, 2.45) is 11.7 Å². The predicted octanol–water partition coefficient (Wildman–Crippen LogP) is 1.45. The molecule has 1 fully saturated rings. The molecule has 0 saturated carbocycles. The summed E-state index contributed by atoms with van der Waals surface area (Å²) in [6.07, 6.45) is 1.48. The van der Waals surface area contributed by atoms with E-state index in [1.807, 2.05) is 12.1 Å². The molecule has 1 heterocycles. The van der Waals surface area contributed by atoms with Crippen LogP contribution in [0.5, 0.6) is 0 Å². The molecule has 2 rings (SSSR count). The third-order valence-corrected chi connectivity index (χ3v) is 3.83. The summed E-state index contributed by atoms with van der Waals surface area (Å²) in [5.41, 5.74) is 7.02. The summed E-state index contributed by atoms with van der Waals surface area (Å²) in [4.78, 5) is 25.4. The van der Waals surface area contributed by atoms with Crippen molar-refractivity contribution >= 4 is 29.1 Å². The molecule has 0 spiro atoms. The minimum atomic E-state index is -0.777. The maximum Gasteiger partial charge on any atom is 0.306 e. The van der Waals surface area contributed by atoms with Gasteiger partial charge in [-0.2, -0.15) is 0 Å². The minimum Gasteiger partial charge on any atom is -0.481 e. The number of hydrogen-bond acceptors (Lipinski definition) is 3. The first-order valence-corrected chi connectivity index (χ1v) is 7.27. The average molecular weight is 306 g/mol. The van der Waals surface area contributed by atoms with Crippen LogP contribution in [0.4, 0.5) is 0 Å². The molecule has 3 N–H and O–H groups in total. The highest BCUT2D eigenvalue weighted by atomic mass is 32.1. The molecular weight excluding hydrogens is 288 g/mol. The van der Waals surface area contributed by atoms with Crippen molar-refractivity contribution in [3.05, 3.63) is 35.4 Å². The first kappa shape index (κ1) is 15.4. The number of carbonyl (C=O) groups is 2. The average Bonchev–Trinajstić information content (AvgIpc) is 2.46. The number of carboxylic acid groups (broad SMARTS) is 1. The third-order valence-electron chi connectivity index (χ3n) is 3.68. The van der Waals surface area contributed by atoms with E-state index in [9.17, 15) is 9.59 Å². The van der Waals surface area contributed by atoms with E-state index < -0.39 is 5.97 Å². The molecule has 0 aromatic heterocycles. The van der Waals surface area contributed by atoms with E-state index in [1.165, 1.54) is 0 Å². The van der Waals surface area contributed by atoms with E-state index in [0.29, 0.717) is 42.9 Å². The molecule has 112 valence electrons. The number of benzene rings is 1. The topological polar surface area (TPSA) is 83.6 Å². The monoisotopic (exact) mass is 306 g/mol. The molecule has 1 aliphatic heterocycles. The van der Waals surface area contributed by atoms with E-state index in [-0.39, 0.29) is 11.8 Å². The molecule has 21 heavy (non-hydrogen) atoms. The van der Waals surface area contributed by atoms with Gasteiger partial charge < -0.3 is 15.7 Å². The van der Waals surface area contributed by atoms with Crippen molar-refractivity contribution in [3.63, 3.8) is 0 Å². The third kappa shape index (κ3) is 4.01. The Labute approximate surface area is 128 Å². The first-order valence-electron chi connectivity index (χ1n) is 6.86. The second-order valence-electron chi connectivity index (χ2n) is 5.25. The smallest absolute Gasteiger partial charge is 0.306 e. The number of likely N-dealkylation sites (tertiary alicyclic amines) is 1. The van der Waals surface area contributed by atoms with Crippen molar-refractivity contribution in [1.82, 2.24) is 4.90 Å². The largest absolute Gasteiger partial charge is 0.481 e. The summed E-state index contributed by atoms with van der Waals surface area (Å²) >= 11 is 4.88. The Morgan fingerprint density at radius 3 is 2.57 bits per heavy atom. The van der Waals surface area contributed by atoms with Gasteiger partial charge in [0, 0.05) is 25.1 Å². The zero-order valence-electron chi connectivity index (χ0n) is 11.6. The van der Waals surface area contributed by atoms with Gasteiger partial charge in [0.2, 0.25) is 0 Å². The second kappa shape index (κ2) is 6.67. The lowest BCUT2D eigenvalue weighted by Gasteiger charge is -2.30. The summed E-state index contributed by atoms with van der Waals surface area (Å²) in [5, 5.41) is 8.97. The lowest BCUT2D eigenvalue weighted by atomic mass is 9.96. The Hall–Kier alpha value is -1.95. The highest BCUT2D eigenvalue weighted by Crippen LogP contribution is 2.19. The Balaban J connectivity index is 2.04. The van der Waals surface area contributed by atoms with Crippen LogP contribution in [-0.4, -0.2) is 40.0 Å². The van der Waals surface area contributed by atoms with Crippen LogP contribution in [0.25, 0.3) is 0 Å². The maximum atomic E-state index is 12.4. The zero-order chi connectivity index (χ0) is 15.4. The van der Waals surface area contributed by atoms with Crippen LogP contribution < -0.4 is 5.73 Å². The SMILES string of the molecule is NC(=S)Cc1cccc(C(=O)N2CCC(C(=O)O)CC2)c1.